The van der Waals surface area contributed by atoms with Crippen molar-refractivity contribution in [1.82, 2.24) is 0 Å². The summed E-state index contributed by atoms with van der Waals surface area (Å²) in [6.07, 6.45) is 8.21. The van der Waals surface area contributed by atoms with Crippen LogP contribution in [0.15, 0.2) is 0 Å². The summed E-state index contributed by atoms with van der Waals surface area (Å²) in [5, 5.41) is 0. The van der Waals surface area contributed by atoms with E-state index in [4.69, 9.17) is 4.74 Å². The van der Waals surface area contributed by atoms with E-state index in [9.17, 15) is 4.79 Å². The molecule has 88 valence electrons. The Kier molecular flexibility index (Phi) is 4.62. The predicted octanol–water partition coefficient (Wildman–Crippen LogP) is 3.69. The molecule has 15 heavy (non-hydrogen) atoms. The van der Waals surface area contributed by atoms with Crippen LogP contribution in [-0.2, 0) is 9.53 Å². The van der Waals surface area contributed by atoms with Gasteiger partial charge in [0, 0.05) is 0 Å². The summed E-state index contributed by atoms with van der Waals surface area (Å²) in [7, 11) is 0. The van der Waals surface area contributed by atoms with Crippen LogP contribution in [0, 0.1) is 5.41 Å². The lowest BCUT2D eigenvalue weighted by atomic mass is 9.73. The second kappa shape index (κ2) is 5.53. The number of rotatable bonds is 7. The summed E-state index contributed by atoms with van der Waals surface area (Å²) in [6, 6.07) is 0. The highest BCUT2D eigenvalue weighted by atomic mass is 16.6. The maximum absolute atomic E-state index is 11.5. The molecule has 0 radical (unpaired) electrons. The average Bonchev–Trinajstić information content (AvgIpc) is 2.25. The minimum Gasteiger partial charge on any atom is -0.461 e. The van der Waals surface area contributed by atoms with Gasteiger partial charge in [-0.25, -0.2) is 0 Å². The zero-order valence-electron chi connectivity index (χ0n) is 10.3. The molecule has 1 heterocycles. The summed E-state index contributed by atoms with van der Waals surface area (Å²) in [5.41, 5.74) is -0.163. The van der Waals surface area contributed by atoms with Gasteiger partial charge in [0.2, 0.25) is 0 Å². The van der Waals surface area contributed by atoms with Crippen molar-refractivity contribution in [2.24, 2.45) is 5.41 Å². The van der Waals surface area contributed by atoms with Crippen LogP contribution in [0.3, 0.4) is 0 Å². The molecule has 0 saturated carbocycles. The largest absolute Gasteiger partial charge is 0.461 e. The Morgan fingerprint density at radius 2 is 1.87 bits per heavy atom. The third-order valence-corrected chi connectivity index (χ3v) is 3.55. The van der Waals surface area contributed by atoms with Crippen molar-refractivity contribution in [3.8, 4) is 0 Å². The normalized spacial score (nSPS) is 29.8. The zero-order valence-corrected chi connectivity index (χ0v) is 10.3. The molecule has 2 nitrogen and oxygen atoms in total. The van der Waals surface area contributed by atoms with Crippen molar-refractivity contribution in [1.29, 1.82) is 0 Å². The quantitative estimate of drug-likeness (QED) is 0.475. The van der Waals surface area contributed by atoms with Crippen LogP contribution >= 0.6 is 0 Å². The maximum Gasteiger partial charge on any atom is 0.315 e. The number of hydrogen-bond acceptors (Lipinski definition) is 2. The van der Waals surface area contributed by atoms with E-state index in [1.54, 1.807) is 0 Å². The van der Waals surface area contributed by atoms with Crippen molar-refractivity contribution in [2.75, 3.05) is 0 Å². The summed E-state index contributed by atoms with van der Waals surface area (Å²) in [4.78, 5) is 11.5. The van der Waals surface area contributed by atoms with Gasteiger partial charge < -0.3 is 4.74 Å². The molecule has 0 aromatic heterocycles. The van der Waals surface area contributed by atoms with Crippen LogP contribution in [0.5, 0.6) is 0 Å². The topological polar surface area (TPSA) is 26.3 Å². The molecule has 0 N–H and O–H groups in total. The molecule has 0 aliphatic carbocycles. The highest BCUT2D eigenvalue weighted by molar-refractivity contribution is 5.82. The standard InChI is InChI=1S/C13H24O2/c1-4-6-8-9-11-13(3,10-7-5-2)12(14)15-11/h11H,4-10H2,1-3H3/t11-,13+/m1/s1. The lowest BCUT2D eigenvalue weighted by Crippen LogP contribution is -2.54. The Bertz CT molecular complexity index is 213. The van der Waals surface area contributed by atoms with E-state index in [1.165, 1.54) is 19.3 Å². The highest BCUT2D eigenvalue weighted by Crippen LogP contribution is 2.43. The molecule has 0 aromatic rings. The van der Waals surface area contributed by atoms with Crippen molar-refractivity contribution < 1.29 is 9.53 Å². The molecule has 1 aliphatic rings. The Morgan fingerprint density at radius 3 is 2.40 bits per heavy atom. The first-order valence-electron chi connectivity index (χ1n) is 6.36. The Hall–Kier alpha value is -0.530. The van der Waals surface area contributed by atoms with E-state index in [0.717, 1.165) is 25.7 Å². The van der Waals surface area contributed by atoms with E-state index in [1.807, 2.05) is 0 Å². The summed E-state index contributed by atoms with van der Waals surface area (Å²) in [6.45, 7) is 6.44. The fourth-order valence-electron chi connectivity index (χ4n) is 2.23. The van der Waals surface area contributed by atoms with Gasteiger partial charge in [0.15, 0.2) is 0 Å². The van der Waals surface area contributed by atoms with E-state index < -0.39 is 0 Å². The van der Waals surface area contributed by atoms with E-state index in [0.29, 0.717) is 0 Å². The third kappa shape index (κ3) is 2.73. The molecule has 1 saturated heterocycles. The zero-order chi connectivity index (χ0) is 11.3. The maximum atomic E-state index is 11.5. The minimum absolute atomic E-state index is 0.0254. The molecule has 0 aromatic carbocycles. The molecule has 2 heteroatoms. The first-order valence-corrected chi connectivity index (χ1v) is 6.36. The molecule has 0 amide bonds. The van der Waals surface area contributed by atoms with Crippen LogP contribution in [0.4, 0.5) is 0 Å². The van der Waals surface area contributed by atoms with Crippen LogP contribution in [0.2, 0.25) is 0 Å². The Labute approximate surface area is 93.4 Å². The van der Waals surface area contributed by atoms with E-state index in [2.05, 4.69) is 20.8 Å². The van der Waals surface area contributed by atoms with Gasteiger partial charge in [0.05, 0.1) is 0 Å². The SMILES string of the molecule is CCCCC[C@H]1OC(=O)[C@@]1(C)CCCC. The van der Waals surface area contributed by atoms with Crippen molar-refractivity contribution in [3.05, 3.63) is 0 Å². The summed E-state index contributed by atoms with van der Waals surface area (Å²) in [5.74, 6) is 0.0254. The van der Waals surface area contributed by atoms with Gasteiger partial charge in [0.1, 0.15) is 11.5 Å². The van der Waals surface area contributed by atoms with Crippen molar-refractivity contribution in [3.63, 3.8) is 0 Å². The van der Waals surface area contributed by atoms with E-state index in [-0.39, 0.29) is 17.5 Å². The van der Waals surface area contributed by atoms with Gasteiger partial charge >= 0.3 is 5.97 Å². The van der Waals surface area contributed by atoms with Crippen molar-refractivity contribution >= 4 is 5.97 Å². The van der Waals surface area contributed by atoms with Crippen LogP contribution < -0.4 is 0 Å². The third-order valence-electron chi connectivity index (χ3n) is 3.55. The van der Waals surface area contributed by atoms with Gasteiger partial charge in [0.25, 0.3) is 0 Å². The fourth-order valence-corrected chi connectivity index (χ4v) is 2.23. The fraction of sp³-hybridized carbons (Fsp3) is 0.923. The molecule has 1 fully saturated rings. The molecular weight excluding hydrogens is 188 g/mol. The van der Waals surface area contributed by atoms with Gasteiger partial charge in [-0.3, -0.25) is 4.79 Å². The number of cyclic esters (lactones) is 1. The van der Waals surface area contributed by atoms with Crippen molar-refractivity contribution in [2.45, 2.75) is 71.8 Å². The Balaban J connectivity index is 2.35. The summed E-state index contributed by atoms with van der Waals surface area (Å²) >= 11 is 0. The lowest BCUT2D eigenvalue weighted by molar-refractivity contribution is -0.206. The lowest BCUT2D eigenvalue weighted by Gasteiger charge is -2.44. The number of esters is 1. The van der Waals surface area contributed by atoms with Gasteiger partial charge in [-0.05, 0) is 26.2 Å². The monoisotopic (exact) mass is 212 g/mol. The molecular formula is C13H24O2. The van der Waals surface area contributed by atoms with Gasteiger partial charge in [-0.2, -0.15) is 0 Å². The minimum atomic E-state index is -0.163. The second-order valence-corrected chi connectivity index (χ2v) is 4.91. The molecule has 0 spiro atoms. The first-order chi connectivity index (χ1) is 7.15. The van der Waals surface area contributed by atoms with Crippen LogP contribution in [-0.4, -0.2) is 12.1 Å². The smallest absolute Gasteiger partial charge is 0.315 e. The van der Waals surface area contributed by atoms with Crippen LogP contribution in [0.25, 0.3) is 0 Å². The molecule has 0 unspecified atom stereocenters. The number of ether oxygens (including phenoxy) is 1. The number of hydrogen-bond donors (Lipinski definition) is 0. The average molecular weight is 212 g/mol. The second-order valence-electron chi connectivity index (χ2n) is 4.91. The number of carbonyl (C=O) groups is 1. The molecule has 1 rings (SSSR count). The number of carbonyl (C=O) groups excluding carboxylic acids is 1. The Morgan fingerprint density at radius 1 is 1.20 bits per heavy atom. The highest BCUT2D eigenvalue weighted by Gasteiger charge is 2.52. The van der Waals surface area contributed by atoms with Crippen LogP contribution in [0.1, 0.15) is 65.7 Å². The van der Waals surface area contributed by atoms with Gasteiger partial charge in [-0.15, -0.1) is 0 Å². The summed E-state index contributed by atoms with van der Waals surface area (Å²) < 4.78 is 5.26. The molecule has 0 bridgehead atoms. The predicted molar refractivity (Wildman–Crippen MR) is 61.7 cm³/mol. The first kappa shape index (κ1) is 12.5. The van der Waals surface area contributed by atoms with E-state index >= 15 is 0 Å². The number of unbranched alkanes of at least 4 members (excludes halogenated alkanes) is 3. The molecule has 1 aliphatic heterocycles. The van der Waals surface area contributed by atoms with Gasteiger partial charge in [-0.1, -0.05) is 39.5 Å². The molecule has 2 atom stereocenters.